The summed E-state index contributed by atoms with van der Waals surface area (Å²) in [5.74, 6) is -4.97. The molecule has 1 amide bonds. The first-order valence-electron chi connectivity index (χ1n) is 6.17. The number of hydrogen-bond acceptors (Lipinski definition) is 4. The average Bonchev–Trinajstić information content (AvgIpc) is 2.48. The van der Waals surface area contributed by atoms with Crippen molar-refractivity contribution < 1.29 is 33.3 Å². The zero-order valence-corrected chi connectivity index (χ0v) is 10.9. The van der Waals surface area contributed by atoms with Gasteiger partial charge in [0.1, 0.15) is 0 Å². The molecule has 2 rings (SSSR count). The molecule has 1 aliphatic heterocycles. The molecule has 0 bridgehead atoms. The van der Waals surface area contributed by atoms with Gasteiger partial charge in [-0.1, -0.05) is 0 Å². The van der Waals surface area contributed by atoms with Crippen LogP contribution in [-0.4, -0.2) is 59.4 Å². The Morgan fingerprint density at radius 3 is 2.48 bits per heavy atom. The van der Waals surface area contributed by atoms with Crippen LogP contribution in [-0.2, 0) is 4.74 Å². The Morgan fingerprint density at radius 2 is 1.90 bits per heavy atom. The molecular formula is C13H13F2NO5. The van der Waals surface area contributed by atoms with Crippen LogP contribution in [0, 0.1) is 11.6 Å². The van der Waals surface area contributed by atoms with E-state index < -0.39 is 40.7 Å². The van der Waals surface area contributed by atoms with Crippen molar-refractivity contribution in [3.8, 4) is 0 Å². The molecular weight excluding hydrogens is 288 g/mol. The number of carboxylic acids is 1. The first-order chi connectivity index (χ1) is 9.95. The number of carbonyl (C=O) groups excluding carboxylic acids is 1. The largest absolute Gasteiger partial charge is 0.478 e. The molecule has 1 atom stereocenters. The van der Waals surface area contributed by atoms with Crippen LogP contribution < -0.4 is 0 Å². The Kier molecular flexibility index (Phi) is 4.49. The number of aliphatic hydroxyl groups excluding tert-OH is 1. The molecule has 1 aromatic rings. The SMILES string of the molecule is O=C(O)c1cc(F)c(F)cc1C(=O)N1CCOCC1CO. The van der Waals surface area contributed by atoms with E-state index in [0.29, 0.717) is 12.1 Å². The van der Waals surface area contributed by atoms with Crippen molar-refractivity contribution in [2.24, 2.45) is 0 Å². The number of halogens is 2. The van der Waals surface area contributed by atoms with Gasteiger partial charge in [0, 0.05) is 6.54 Å². The van der Waals surface area contributed by atoms with Crippen LogP contribution in [0.1, 0.15) is 20.7 Å². The van der Waals surface area contributed by atoms with Crippen molar-refractivity contribution in [2.75, 3.05) is 26.4 Å². The second-order valence-electron chi connectivity index (χ2n) is 4.53. The zero-order chi connectivity index (χ0) is 15.6. The first kappa shape index (κ1) is 15.3. The highest BCUT2D eigenvalue weighted by atomic mass is 19.2. The topological polar surface area (TPSA) is 87.1 Å². The quantitative estimate of drug-likeness (QED) is 0.849. The number of carboxylic acid groups (broad SMARTS) is 1. The number of benzene rings is 1. The maximum absolute atomic E-state index is 13.3. The zero-order valence-electron chi connectivity index (χ0n) is 10.9. The third kappa shape index (κ3) is 3.01. The van der Waals surface area contributed by atoms with Crippen LogP contribution in [0.4, 0.5) is 8.78 Å². The molecule has 1 heterocycles. The molecule has 6 nitrogen and oxygen atoms in total. The number of rotatable bonds is 3. The minimum atomic E-state index is -1.54. The molecule has 0 radical (unpaired) electrons. The number of ether oxygens (including phenoxy) is 1. The Morgan fingerprint density at radius 1 is 1.29 bits per heavy atom. The van der Waals surface area contributed by atoms with E-state index in [1.54, 1.807) is 0 Å². The van der Waals surface area contributed by atoms with Gasteiger partial charge >= 0.3 is 5.97 Å². The normalized spacial score (nSPS) is 18.6. The van der Waals surface area contributed by atoms with E-state index in [0.717, 1.165) is 0 Å². The smallest absolute Gasteiger partial charge is 0.336 e. The Labute approximate surface area is 118 Å². The van der Waals surface area contributed by atoms with Gasteiger partial charge in [0.15, 0.2) is 11.6 Å². The first-order valence-corrected chi connectivity index (χ1v) is 6.17. The molecule has 0 aliphatic carbocycles. The highest BCUT2D eigenvalue weighted by molar-refractivity contribution is 6.05. The molecule has 8 heteroatoms. The number of amides is 1. The predicted octanol–water partition coefficient (Wildman–Crippen LogP) is 0.496. The number of aliphatic hydroxyl groups is 1. The van der Waals surface area contributed by atoms with E-state index >= 15 is 0 Å². The van der Waals surface area contributed by atoms with Crippen LogP contribution in [0.25, 0.3) is 0 Å². The van der Waals surface area contributed by atoms with Gasteiger partial charge in [0.05, 0.1) is 37.0 Å². The van der Waals surface area contributed by atoms with Crippen molar-refractivity contribution in [1.29, 1.82) is 0 Å². The monoisotopic (exact) mass is 301 g/mol. The van der Waals surface area contributed by atoms with Crippen LogP contribution in [0.15, 0.2) is 12.1 Å². The van der Waals surface area contributed by atoms with Gasteiger partial charge in [0.2, 0.25) is 0 Å². The molecule has 21 heavy (non-hydrogen) atoms. The lowest BCUT2D eigenvalue weighted by Crippen LogP contribution is -2.50. The second-order valence-corrected chi connectivity index (χ2v) is 4.53. The molecule has 1 fully saturated rings. The molecule has 114 valence electrons. The standard InChI is InChI=1S/C13H13F2NO5/c14-10-3-8(9(13(19)20)4-11(10)15)12(18)16-1-2-21-6-7(16)5-17/h3-4,7,17H,1-2,5-6H2,(H,19,20). The molecule has 1 aliphatic rings. The highest BCUT2D eigenvalue weighted by Gasteiger charge is 2.30. The lowest BCUT2D eigenvalue weighted by atomic mass is 10.0. The van der Waals surface area contributed by atoms with Gasteiger partial charge < -0.3 is 19.8 Å². The van der Waals surface area contributed by atoms with Gasteiger partial charge in [-0.15, -0.1) is 0 Å². The Bertz CT molecular complexity index is 578. The summed E-state index contributed by atoms with van der Waals surface area (Å²) < 4.78 is 31.6. The fourth-order valence-electron chi connectivity index (χ4n) is 2.13. The molecule has 0 spiro atoms. The second kappa shape index (κ2) is 6.15. The summed E-state index contributed by atoms with van der Waals surface area (Å²) >= 11 is 0. The maximum Gasteiger partial charge on any atom is 0.336 e. The van der Waals surface area contributed by atoms with E-state index in [1.165, 1.54) is 4.90 Å². The summed E-state index contributed by atoms with van der Waals surface area (Å²) in [6, 6.07) is 0.380. The highest BCUT2D eigenvalue weighted by Crippen LogP contribution is 2.19. The fourth-order valence-corrected chi connectivity index (χ4v) is 2.13. The molecule has 1 unspecified atom stereocenters. The van der Waals surface area contributed by atoms with Gasteiger partial charge in [0.25, 0.3) is 5.91 Å². The number of morpholine rings is 1. The lowest BCUT2D eigenvalue weighted by Gasteiger charge is -2.34. The molecule has 0 saturated carbocycles. The summed E-state index contributed by atoms with van der Waals surface area (Å²) in [5.41, 5.74) is -1.08. The van der Waals surface area contributed by atoms with Crippen molar-refractivity contribution in [1.82, 2.24) is 4.90 Å². The van der Waals surface area contributed by atoms with Crippen LogP contribution in [0.2, 0.25) is 0 Å². The van der Waals surface area contributed by atoms with Gasteiger partial charge in [-0.3, -0.25) is 4.79 Å². The fraction of sp³-hybridized carbons (Fsp3) is 0.385. The Balaban J connectivity index is 2.42. The average molecular weight is 301 g/mol. The minimum absolute atomic E-state index is 0.0916. The van der Waals surface area contributed by atoms with Crippen molar-refractivity contribution in [2.45, 2.75) is 6.04 Å². The maximum atomic E-state index is 13.3. The number of carbonyl (C=O) groups is 2. The summed E-state index contributed by atoms with van der Waals surface area (Å²) in [7, 11) is 0. The number of aromatic carboxylic acids is 1. The van der Waals surface area contributed by atoms with E-state index in [-0.39, 0.29) is 26.4 Å². The summed E-state index contributed by atoms with van der Waals surface area (Å²) in [6.45, 7) is 0.0581. The summed E-state index contributed by atoms with van der Waals surface area (Å²) in [4.78, 5) is 24.7. The predicted molar refractivity (Wildman–Crippen MR) is 66.0 cm³/mol. The van der Waals surface area contributed by atoms with Crippen molar-refractivity contribution >= 4 is 11.9 Å². The van der Waals surface area contributed by atoms with E-state index in [2.05, 4.69) is 0 Å². The summed E-state index contributed by atoms with van der Waals surface area (Å²) in [6.07, 6.45) is 0. The Hall–Kier alpha value is -2.06. The van der Waals surface area contributed by atoms with E-state index in [9.17, 15) is 23.5 Å². The van der Waals surface area contributed by atoms with Crippen LogP contribution in [0.5, 0.6) is 0 Å². The van der Waals surface area contributed by atoms with Gasteiger partial charge in [-0.25, -0.2) is 13.6 Å². The van der Waals surface area contributed by atoms with Gasteiger partial charge in [-0.05, 0) is 12.1 Å². The number of hydrogen-bond donors (Lipinski definition) is 2. The third-order valence-corrected chi connectivity index (χ3v) is 3.22. The molecule has 1 saturated heterocycles. The number of nitrogens with zero attached hydrogens (tertiary/aromatic N) is 1. The van der Waals surface area contributed by atoms with E-state index in [1.807, 2.05) is 0 Å². The van der Waals surface area contributed by atoms with Crippen LogP contribution >= 0.6 is 0 Å². The molecule has 1 aromatic carbocycles. The molecule has 0 aromatic heterocycles. The van der Waals surface area contributed by atoms with Gasteiger partial charge in [-0.2, -0.15) is 0 Å². The lowest BCUT2D eigenvalue weighted by molar-refractivity contribution is -0.0184. The third-order valence-electron chi connectivity index (χ3n) is 3.22. The van der Waals surface area contributed by atoms with Crippen molar-refractivity contribution in [3.63, 3.8) is 0 Å². The van der Waals surface area contributed by atoms with E-state index in [4.69, 9.17) is 9.84 Å². The van der Waals surface area contributed by atoms with Crippen molar-refractivity contribution in [3.05, 3.63) is 34.9 Å². The molecule has 2 N–H and O–H groups in total. The van der Waals surface area contributed by atoms with Crippen LogP contribution in [0.3, 0.4) is 0 Å². The summed E-state index contributed by atoms with van der Waals surface area (Å²) in [5, 5.41) is 18.2. The minimum Gasteiger partial charge on any atom is -0.478 e.